The highest BCUT2D eigenvalue weighted by Gasteiger charge is 2.41. The molecule has 0 aromatic heterocycles. The molecule has 0 radical (unpaired) electrons. The Morgan fingerprint density at radius 3 is 2.15 bits per heavy atom. The van der Waals surface area contributed by atoms with Crippen molar-refractivity contribution >= 4 is 14.4 Å². The van der Waals surface area contributed by atoms with Crippen LogP contribution in [0.3, 0.4) is 0 Å². The number of nitrogens with zero attached hydrogens (tertiary/aromatic N) is 1. The number of likely N-dealkylation sites (tertiary alicyclic amines) is 1. The Labute approximate surface area is 124 Å². The van der Waals surface area contributed by atoms with Crippen molar-refractivity contribution in [2.45, 2.75) is 77.8 Å². The van der Waals surface area contributed by atoms with E-state index in [4.69, 9.17) is 9.16 Å². The molecule has 0 aliphatic carbocycles. The fourth-order valence-corrected chi connectivity index (χ4v) is 3.29. The van der Waals surface area contributed by atoms with Crippen LogP contribution in [-0.2, 0) is 9.16 Å². The van der Waals surface area contributed by atoms with Crippen LogP contribution in [-0.4, -0.2) is 44.1 Å². The van der Waals surface area contributed by atoms with Crippen molar-refractivity contribution in [2.75, 3.05) is 13.1 Å². The second kappa shape index (κ2) is 5.68. The van der Waals surface area contributed by atoms with Gasteiger partial charge in [-0.15, -0.1) is 0 Å². The molecule has 0 N–H and O–H groups in total. The highest BCUT2D eigenvalue weighted by molar-refractivity contribution is 6.74. The van der Waals surface area contributed by atoms with Crippen molar-refractivity contribution in [3.63, 3.8) is 0 Å². The van der Waals surface area contributed by atoms with Crippen molar-refractivity contribution in [3.8, 4) is 0 Å². The van der Waals surface area contributed by atoms with E-state index in [9.17, 15) is 4.79 Å². The van der Waals surface area contributed by atoms with Gasteiger partial charge in [0.1, 0.15) is 5.60 Å². The first-order valence-corrected chi connectivity index (χ1v) is 10.4. The third kappa shape index (κ3) is 4.77. The molecule has 1 fully saturated rings. The number of amides is 1. The summed E-state index contributed by atoms with van der Waals surface area (Å²) in [7, 11) is -1.76. The van der Waals surface area contributed by atoms with E-state index in [-0.39, 0.29) is 17.2 Å². The van der Waals surface area contributed by atoms with Gasteiger partial charge in [0.15, 0.2) is 8.32 Å². The lowest BCUT2D eigenvalue weighted by Crippen LogP contribution is -2.45. The van der Waals surface area contributed by atoms with Crippen molar-refractivity contribution in [1.82, 2.24) is 4.90 Å². The molecule has 0 saturated carbocycles. The van der Waals surface area contributed by atoms with Crippen LogP contribution in [0.15, 0.2) is 0 Å². The van der Waals surface area contributed by atoms with E-state index in [0.29, 0.717) is 6.54 Å². The number of carbonyl (C=O) groups excluding carboxylic acids is 1. The molecule has 20 heavy (non-hydrogen) atoms. The van der Waals surface area contributed by atoms with E-state index in [0.717, 1.165) is 13.0 Å². The molecule has 1 unspecified atom stereocenters. The molecule has 1 amide bonds. The van der Waals surface area contributed by atoms with Crippen LogP contribution in [0.2, 0.25) is 18.1 Å². The Balaban J connectivity index is 2.54. The Bertz CT molecular complexity index is 355. The fraction of sp³-hybridized carbons (Fsp3) is 0.933. The summed E-state index contributed by atoms with van der Waals surface area (Å²) in [4.78, 5) is 13.8. The molecule has 1 saturated heterocycles. The molecule has 1 heterocycles. The van der Waals surface area contributed by atoms with E-state index in [1.807, 2.05) is 20.8 Å². The summed E-state index contributed by atoms with van der Waals surface area (Å²) in [6.45, 7) is 18.3. The van der Waals surface area contributed by atoms with Gasteiger partial charge in [0.05, 0.1) is 6.10 Å². The SMILES string of the molecule is CC(C)(C)OC(=O)N1CCC(O[Si](C)(C)C(C)(C)C)C1. The maximum Gasteiger partial charge on any atom is 0.410 e. The molecule has 1 atom stereocenters. The number of carbonyl (C=O) groups is 1. The monoisotopic (exact) mass is 301 g/mol. The minimum Gasteiger partial charge on any atom is -0.444 e. The maximum atomic E-state index is 12.0. The fourth-order valence-electron chi connectivity index (χ4n) is 1.91. The molecular weight excluding hydrogens is 270 g/mol. The van der Waals surface area contributed by atoms with Gasteiger partial charge in [0.2, 0.25) is 0 Å². The molecule has 0 spiro atoms. The summed E-state index contributed by atoms with van der Waals surface area (Å²) in [6, 6.07) is 0. The lowest BCUT2D eigenvalue weighted by atomic mass is 10.2. The lowest BCUT2D eigenvalue weighted by molar-refractivity contribution is 0.0273. The third-order valence-electron chi connectivity index (χ3n) is 4.06. The van der Waals surface area contributed by atoms with Gasteiger partial charge < -0.3 is 14.1 Å². The van der Waals surface area contributed by atoms with Crippen LogP contribution >= 0.6 is 0 Å². The van der Waals surface area contributed by atoms with Gasteiger partial charge in [-0.3, -0.25) is 0 Å². The van der Waals surface area contributed by atoms with E-state index < -0.39 is 13.9 Å². The first kappa shape index (κ1) is 17.5. The summed E-state index contributed by atoms with van der Waals surface area (Å²) in [6.07, 6.45) is 0.841. The largest absolute Gasteiger partial charge is 0.444 e. The Hall–Kier alpha value is -0.553. The van der Waals surface area contributed by atoms with Gasteiger partial charge in [0, 0.05) is 13.1 Å². The first-order valence-electron chi connectivity index (χ1n) is 7.47. The quantitative estimate of drug-likeness (QED) is 0.723. The minimum absolute atomic E-state index is 0.156. The van der Waals surface area contributed by atoms with E-state index in [1.54, 1.807) is 4.90 Å². The van der Waals surface area contributed by atoms with Gasteiger partial charge in [-0.25, -0.2) is 4.79 Å². The van der Waals surface area contributed by atoms with E-state index >= 15 is 0 Å². The molecule has 5 heteroatoms. The van der Waals surface area contributed by atoms with Crippen LogP contribution < -0.4 is 0 Å². The van der Waals surface area contributed by atoms with Crippen molar-refractivity contribution < 1.29 is 14.0 Å². The molecule has 1 rings (SSSR count). The number of hydrogen-bond acceptors (Lipinski definition) is 3. The topological polar surface area (TPSA) is 38.8 Å². The Kier molecular flexibility index (Phi) is 4.97. The third-order valence-corrected chi connectivity index (χ3v) is 8.60. The molecule has 118 valence electrons. The van der Waals surface area contributed by atoms with Gasteiger partial charge in [-0.2, -0.15) is 0 Å². The predicted molar refractivity (Wildman–Crippen MR) is 84.5 cm³/mol. The average Bonchev–Trinajstić information content (AvgIpc) is 2.60. The zero-order valence-corrected chi connectivity index (χ0v) is 15.4. The molecular formula is C15H31NO3Si. The highest BCUT2D eigenvalue weighted by atomic mass is 28.4. The van der Waals surface area contributed by atoms with Crippen LogP contribution in [0, 0.1) is 0 Å². The lowest BCUT2D eigenvalue weighted by Gasteiger charge is -2.38. The van der Waals surface area contributed by atoms with E-state index in [2.05, 4.69) is 33.9 Å². The summed E-state index contributed by atoms with van der Waals surface area (Å²) in [5.74, 6) is 0. The number of ether oxygens (including phenoxy) is 1. The second-order valence-electron chi connectivity index (χ2n) is 8.22. The van der Waals surface area contributed by atoms with Gasteiger partial charge >= 0.3 is 6.09 Å². The number of rotatable bonds is 2. The predicted octanol–water partition coefficient (Wildman–Crippen LogP) is 4.02. The minimum atomic E-state index is -1.76. The number of hydrogen-bond donors (Lipinski definition) is 0. The average molecular weight is 302 g/mol. The normalized spacial score (nSPS) is 21.2. The van der Waals surface area contributed by atoms with Crippen LogP contribution in [0.1, 0.15) is 48.0 Å². The van der Waals surface area contributed by atoms with Crippen LogP contribution in [0.5, 0.6) is 0 Å². The smallest absolute Gasteiger partial charge is 0.410 e. The summed E-state index contributed by atoms with van der Waals surface area (Å²) in [5, 5.41) is 0.201. The summed E-state index contributed by atoms with van der Waals surface area (Å²) in [5.41, 5.74) is -0.435. The molecule has 1 aliphatic rings. The highest BCUT2D eigenvalue weighted by Crippen LogP contribution is 2.38. The standard InChI is InChI=1S/C15H31NO3Si/c1-14(2,3)18-13(17)16-10-9-12(11-16)19-20(7,8)15(4,5)6/h12H,9-11H2,1-8H3. The molecule has 1 aliphatic heterocycles. The summed E-state index contributed by atoms with van der Waals surface area (Å²) < 4.78 is 11.8. The maximum absolute atomic E-state index is 12.0. The van der Waals surface area contributed by atoms with Crippen molar-refractivity contribution in [1.29, 1.82) is 0 Å². The molecule has 0 aromatic rings. The van der Waals surface area contributed by atoms with Crippen LogP contribution in [0.25, 0.3) is 0 Å². The second-order valence-corrected chi connectivity index (χ2v) is 13.0. The zero-order chi connectivity index (χ0) is 15.8. The van der Waals surface area contributed by atoms with E-state index in [1.165, 1.54) is 0 Å². The molecule has 0 bridgehead atoms. The van der Waals surface area contributed by atoms with Crippen LogP contribution in [0.4, 0.5) is 4.79 Å². The summed E-state index contributed by atoms with van der Waals surface area (Å²) >= 11 is 0. The van der Waals surface area contributed by atoms with Gasteiger partial charge in [-0.1, -0.05) is 20.8 Å². The van der Waals surface area contributed by atoms with Crippen molar-refractivity contribution in [3.05, 3.63) is 0 Å². The molecule has 4 nitrogen and oxygen atoms in total. The van der Waals surface area contributed by atoms with Crippen molar-refractivity contribution in [2.24, 2.45) is 0 Å². The molecule has 0 aromatic carbocycles. The first-order chi connectivity index (χ1) is 8.82. The zero-order valence-electron chi connectivity index (χ0n) is 14.4. The van der Waals surface area contributed by atoms with Gasteiger partial charge in [-0.05, 0) is 45.3 Å². The van der Waals surface area contributed by atoms with Gasteiger partial charge in [0.25, 0.3) is 0 Å². The Morgan fingerprint density at radius 2 is 1.70 bits per heavy atom. The Morgan fingerprint density at radius 1 is 1.15 bits per heavy atom.